The Morgan fingerprint density at radius 1 is 1.33 bits per heavy atom. The second-order valence-corrected chi connectivity index (χ2v) is 6.89. The normalized spacial score (nSPS) is 18.6. The molecule has 0 radical (unpaired) electrons. The lowest BCUT2D eigenvalue weighted by atomic mass is 10.2. The van der Waals surface area contributed by atoms with Gasteiger partial charge in [-0.05, 0) is 12.1 Å². The van der Waals surface area contributed by atoms with Gasteiger partial charge in [-0.3, -0.25) is 4.79 Å². The third-order valence-corrected chi connectivity index (χ3v) is 5.14. The standard InChI is InChI=1S/C11H10Cl2N2O5S/c12-7-3-8(13)9(2-6(7)11(17)18)21(19,20)15-5-1-10(16)14-4-5/h2-3,5,15H,1,4H2,(H,14,16)(H,17,18). The minimum atomic E-state index is -4.07. The molecule has 2 rings (SSSR count). The Morgan fingerprint density at radius 2 is 2.00 bits per heavy atom. The molecular weight excluding hydrogens is 343 g/mol. The minimum Gasteiger partial charge on any atom is -0.478 e. The van der Waals surface area contributed by atoms with E-state index in [9.17, 15) is 18.0 Å². The Bertz CT molecular complexity index is 720. The second kappa shape index (κ2) is 5.80. The van der Waals surface area contributed by atoms with Crippen LogP contribution in [0, 0.1) is 0 Å². The molecule has 10 heteroatoms. The number of rotatable bonds is 4. The Morgan fingerprint density at radius 3 is 2.52 bits per heavy atom. The van der Waals surface area contributed by atoms with Crippen molar-refractivity contribution in [1.29, 1.82) is 0 Å². The van der Waals surface area contributed by atoms with Gasteiger partial charge in [-0.25, -0.2) is 17.9 Å². The Hall–Kier alpha value is -1.35. The number of carbonyl (C=O) groups excluding carboxylic acids is 1. The van der Waals surface area contributed by atoms with Gasteiger partial charge in [0.25, 0.3) is 0 Å². The zero-order valence-electron chi connectivity index (χ0n) is 10.4. The van der Waals surface area contributed by atoms with E-state index in [0.29, 0.717) is 0 Å². The maximum atomic E-state index is 12.2. The number of aromatic carboxylic acids is 1. The van der Waals surface area contributed by atoms with E-state index in [1.807, 2.05) is 0 Å². The van der Waals surface area contributed by atoms with Crippen LogP contribution in [-0.4, -0.2) is 38.0 Å². The molecule has 1 aliphatic rings. The molecule has 7 nitrogen and oxygen atoms in total. The van der Waals surface area contributed by atoms with E-state index in [2.05, 4.69) is 10.0 Å². The monoisotopic (exact) mass is 352 g/mol. The van der Waals surface area contributed by atoms with Crippen molar-refractivity contribution in [3.63, 3.8) is 0 Å². The van der Waals surface area contributed by atoms with Gasteiger partial charge in [-0.15, -0.1) is 0 Å². The molecule has 1 saturated heterocycles. The third kappa shape index (κ3) is 3.46. The number of carboxylic acids is 1. The SMILES string of the molecule is O=C1CC(NS(=O)(=O)c2cc(C(=O)O)c(Cl)cc2Cl)CN1. The van der Waals surface area contributed by atoms with Crippen LogP contribution < -0.4 is 10.0 Å². The van der Waals surface area contributed by atoms with Gasteiger partial charge < -0.3 is 10.4 Å². The smallest absolute Gasteiger partial charge is 0.337 e. The Balaban J connectivity index is 2.37. The fourth-order valence-electron chi connectivity index (χ4n) is 1.87. The molecule has 1 aromatic rings. The fraction of sp³-hybridized carbons (Fsp3) is 0.273. The second-order valence-electron chi connectivity index (χ2n) is 4.39. The van der Waals surface area contributed by atoms with E-state index in [0.717, 1.165) is 12.1 Å². The molecule has 0 bridgehead atoms. The number of carboxylic acid groups (broad SMARTS) is 1. The Labute approximate surface area is 130 Å². The van der Waals surface area contributed by atoms with E-state index in [-0.39, 0.29) is 34.5 Å². The van der Waals surface area contributed by atoms with Crippen LogP contribution in [-0.2, 0) is 14.8 Å². The molecule has 0 saturated carbocycles. The van der Waals surface area contributed by atoms with Crippen molar-refractivity contribution < 1.29 is 23.1 Å². The molecule has 21 heavy (non-hydrogen) atoms. The molecule has 3 N–H and O–H groups in total. The predicted octanol–water partition coefficient (Wildman–Crippen LogP) is 0.858. The van der Waals surface area contributed by atoms with E-state index < -0.39 is 26.9 Å². The number of sulfonamides is 1. The van der Waals surface area contributed by atoms with Crippen LogP contribution in [0.2, 0.25) is 10.0 Å². The van der Waals surface area contributed by atoms with E-state index in [1.54, 1.807) is 0 Å². The van der Waals surface area contributed by atoms with Crippen molar-refractivity contribution in [1.82, 2.24) is 10.0 Å². The van der Waals surface area contributed by atoms with Crippen LogP contribution in [0.3, 0.4) is 0 Å². The number of nitrogens with one attached hydrogen (secondary N) is 2. The van der Waals surface area contributed by atoms with Gasteiger partial charge in [-0.2, -0.15) is 0 Å². The summed E-state index contributed by atoms with van der Waals surface area (Å²) >= 11 is 11.5. The summed E-state index contributed by atoms with van der Waals surface area (Å²) in [7, 11) is -4.07. The molecule has 1 aromatic carbocycles. The molecule has 0 aliphatic carbocycles. The molecule has 0 spiro atoms. The van der Waals surface area contributed by atoms with Crippen molar-refractivity contribution in [2.24, 2.45) is 0 Å². The number of hydrogen-bond donors (Lipinski definition) is 3. The first kappa shape index (κ1) is 16.0. The van der Waals surface area contributed by atoms with Gasteiger partial charge in [0.1, 0.15) is 4.90 Å². The maximum absolute atomic E-state index is 12.2. The summed E-state index contributed by atoms with van der Waals surface area (Å²) in [6, 6.07) is 1.33. The van der Waals surface area contributed by atoms with Crippen molar-refractivity contribution in [3.05, 3.63) is 27.7 Å². The summed E-state index contributed by atoms with van der Waals surface area (Å²) in [5.74, 6) is -1.64. The van der Waals surface area contributed by atoms with Crippen LogP contribution in [0.4, 0.5) is 0 Å². The topological polar surface area (TPSA) is 113 Å². The highest BCUT2D eigenvalue weighted by molar-refractivity contribution is 7.89. The molecule has 1 atom stereocenters. The summed E-state index contributed by atoms with van der Waals surface area (Å²) < 4.78 is 26.8. The minimum absolute atomic E-state index is 0.0101. The first-order valence-electron chi connectivity index (χ1n) is 5.72. The molecule has 0 aromatic heterocycles. The van der Waals surface area contributed by atoms with Gasteiger partial charge >= 0.3 is 5.97 Å². The summed E-state index contributed by atoms with van der Waals surface area (Å²) in [6.07, 6.45) is 0.0101. The van der Waals surface area contributed by atoms with Crippen LogP contribution in [0.1, 0.15) is 16.8 Å². The average Bonchev–Trinajstić information content (AvgIpc) is 2.72. The largest absolute Gasteiger partial charge is 0.478 e. The highest BCUT2D eigenvalue weighted by atomic mass is 35.5. The summed E-state index contributed by atoms with van der Waals surface area (Å²) in [4.78, 5) is 21.7. The number of benzene rings is 1. The lowest BCUT2D eigenvalue weighted by Gasteiger charge is -2.13. The fourth-order valence-corrected chi connectivity index (χ4v) is 3.96. The van der Waals surface area contributed by atoms with Gasteiger partial charge in [0, 0.05) is 19.0 Å². The molecule has 1 fully saturated rings. The molecule has 1 unspecified atom stereocenters. The van der Waals surface area contributed by atoms with Crippen molar-refractivity contribution in [2.75, 3.05) is 6.54 Å². The number of amides is 1. The summed E-state index contributed by atoms with van der Waals surface area (Å²) in [6.45, 7) is 0.162. The quantitative estimate of drug-likeness (QED) is 0.743. The molecule has 1 aliphatic heterocycles. The molecule has 1 amide bonds. The first-order valence-corrected chi connectivity index (χ1v) is 7.96. The Kier molecular flexibility index (Phi) is 4.43. The first-order chi connectivity index (χ1) is 9.70. The van der Waals surface area contributed by atoms with Crippen molar-refractivity contribution in [2.45, 2.75) is 17.4 Å². The van der Waals surface area contributed by atoms with Crippen LogP contribution in [0.15, 0.2) is 17.0 Å². The van der Waals surface area contributed by atoms with Gasteiger partial charge in [0.15, 0.2) is 0 Å². The summed E-state index contributed by atoms with van der Waals surface area (Å²) in [5.41, 5.74) is -0.373. The lowest BCUT2D eigenvalue weighted by Crippen LogP contribution is -2.36. The van der Waals surface area contributed by atoms with Crippen molar-refractivity contribution in [3.8, 4) is 0 Å². The molecule has 1 heterocycles. The van der Waals surface area contributed by atoms with Crippen LogP contribution in [0.5, 0.6) is 0 Å². The lowest BCUT2D eigenvalue weighted by molar-refractivity contribution is -0.119. The van der Waals surface area contributed by atoms with Crippen LogP contribution >= 0.6 is 23.2 Å². The molecule has 114 valence electrons. The predicted molar refractivity (Wildman–Crippen MR) is 75.2 cm³/mol. The summed E-state index contributed by atoms with van der Waals surface area (Å²) in [5, 5.41) is 11.1. The zero-order chi connectivity index (χ0) is 15.8. The van der Waals surface area contributed by atoms with Crippen molar-refractivity contribution >= 4 is 45.1 Å². The molecular formula is C11H10Cl2N2O5S. The van der Waals surface area contributed by atoms with E-state index in [4.69, 9.17) is 28.3 Å². The highest BCUT2D eigenvalue weighted by Crippen LogP contribution is 2.29. The van der Waals surface area contributed by atoms with Gasteiger partial charge in [0.2, 0.25) is 15.9 Å². The number of halogens is 2. The zero-order valence-corrected chi connectivity index (χ0v) is 12.7. The van der Waals surface area contributed by atoms with Gasteiger partial charge in [0.05, 0.1) is 15.6 Å². The van der Waals surface area contributed by atoms with E-state index >= 15 is 0 Å². The average molecular weight is 353 g/mol. The van der Waals surface area contributed by atoms with Crippen LogP contribution in [0.25, 0.3) is 0 Å². The maximum Gasteiger partial charge on any atom is 0.337 e. The number of hydrogen-bond acceptors (Lipinski definition) is 4. The highest BCUT2D eigenvalue weighted by Gasteiger charge is 2.29. The van der Waals surface area contributed by atoms with Gasteiger partial charge in [-0.1, -0.05) is 23.2 Å². The van der Waals surface area contributed by atoms with E-state index in [1.165, 1.54) is 0 Å². The number of carbonyl (C=O) groups is 2. The third-order valence-electron chi connectivity index (χ3n) is 2.84.